The van der Waals surface area contributed by atoms with Crippen LogP contribution in [0, 0.1) is 5.92 Å². The third-order valence-corrected chi connectivity index (χ3v) is 2.28. The zero-order chi connectivity index (χ0) is 8.48. The van der Waals surface area contributed by atoms with Gasteiger partial charge in [-0.3, -0.25) is 4.79 Å². The van der Waals surface area contributed by atoms with E-state index in [0.717, 1.165) is 0 Å². The van der Waals surface area contributed by atoms with Crippen molar-refractivity contribution in [3.8, 4) is 0 Å². The maximum atomic E-state index is 11.0. The van der Waals surface area contributed by atoms with Crippen molar-refractivity contribution < 1.29 is 9.53 Å². The Morgan fingerprint density at radius 1 is 1.73 bits per heavy atom. The van der Waals surface area contributed by atoms with Crippen molar-refractivity contribution in [3.63, 3.8) is 0 Å². The van der Waals surface area contributed by atoms with E-state index < -0.39 is 0 Å². The summed E-state index contributed by atoms with van der Waals surface area (Å²) in [5.74, 6) is 0.456. The lowest BCUT2D eigenvalue weighted by Gasteiger charge is -2.25. The molecule has 11 heavy (non-hydrogen) atoms. The number of carbonyl (C=O) groups is 1. The van der Waals surface area contributed by atoms with Gasteiger partial charge in [0.25, 0.3) is 0 Å². The predicted octanol–water partition coefficient (Wildman–Crippen LogP) is 0.547. The molecule has 1 N–H and O–H groups in total. The molecule has 1 saturated heterocycles. The fraction of sp³-hybridized carbons (Fsp3) is 0.875. The molecule has 1 aliphatic rings. The number of nitrogens with one attached hydrogen (secondary N) is 1. The number of hydrogen-bond acceptors (Lipinski definition) is 2. The Hall–Kier alpha value is -0.570. The molecule has 0 aliphatic carbocycles. The van der Waals surface area contributed by atoms with Crippen molar-refractivity contribution in [2.24, 2.45) is 5.92 Å². The zero-order valence-corrected chi connectivity index (χ0v) is 7.31. The van der Waals surface area contributed by atoms with Gasteiger partial charge in [0, 0.05) is 25.0 Å². The van der Waals surface area contributed by atoms with Crippen LogP contribution in [-0.2, 0) is 9.53 Å². The zero-order valence-electron chi connectivity index (χ0n) is 7.31. The smallest absolute Gasteiger partial charge is 0.220 e. The molecule has 0 spiro atoms. The standard InChI is InChI=1S/C8H15NO2/c1-8(2)6(5-11-3)4-7(10)9-8/h6H,4-5H2,1-3H3,(H,9,10). The van der Waals surface area contributed by atoms with Gasteiger partial charge in [-0.2, -0.15) is 0 Å². The first-order valence-electron chi connectivity index (χ1n) is 3.86. The first-order chi connectivity index (χ1) is 5.06. The van der Waals surface area contributed by atoms with Crippen LogP contribution in [0.25, 0.3) is 0 Å². The number of carbonyl (C=O) groups excluding carboxylic acids is 1. The molecule has 0 aromatic rings. The van der Waals surface area contributed by atoms with Crippen LogP contribution in [0.1, 0.15) is 20.3 Å². The average molecular weight is 157 g/mol. The number of hydrogen-bond donors (Lipinski definition) is 1. The minimum absolute atomic E-state index is 0.0902. The second-order valence-corrected chi connectivity index (χ2v) is 3.63. The number of methoxy groups -OCH3 is 1. The second-order valence-electron chi connectivity index (χ2n) is 3.63. The molecule has 3 heteroatoms. The van der Waals surface area contributed by atoms with Crippen LogP contribution in [0.4, 0.5) is 0 Å². The third kappa shape index (κ3) is 1.71. The van der Waals surface area contributed by atoms with Crippen LogP contribution in [0.2, 0.25) is 0 Å². The lowest BCUT2D eigenvalue weighted by Crippen LogP contribution is -2.40. The van der Waals surface area contributed by atoms with Crippen molar-refractivity contribution in [2.75, 3.05) is 13.7 Å². The first kappa shape index (κ1) is 8.53. The molecular weight excluding hydrogens is 142 g/mol. The van der Waals surface area contributed by atoms with Crippen molar-refractivity contribution in [3.05, 3.63) is 0 Å². The Morgan fingerprint density at radius 2 is 2.36 bits per heavy atom. The highest BCUT2D eigenvalue weighted by Gasteiger charge is 2.38. The summed E-state index contributed by atoms with van der Waals surface area (Å²) in [7, 11) is 1.67. The SMILES string of the molecule is COCC1CC(=O)NC1(C)C. The minimum Gasteiger partial charge on any atom is -0.384 e. The molecule has 0 aromatic heterocycles. The quantitative estimate of drug-likeness (QED) is 0.635. The van der Waals surface area contributed by atoms with E-state index in [1.165, 1.54) is 0 Å². The Labute approximate surface area is 67.1 Å². The van der Waals surface area contributed by atoms with Crippen LogP contribution in [-0.4, -0.2) is 25.2 Å². The van der Waals surface area contributed by atoms with E-state index in [1.54, 1.807) is 7.11 Å². The van der Waals surface area contributed by atoms with Gasteiger partial charge in [0.2, 0.25) is 5.91 Å². The van der Waals surface area contributed by atoms with Gasteiger partial charge in [-0.25, -0.2) is 0 Å². The number of ether oxygens (including phenoxy) is 1. The van der Waals surface area contributed by atoms with Gasteiger partial charge in [-0.05, 0) is 13.8 Å². The third-order valence-electron chi connectivity index (χ3n) is 2.28. The van der Waals surface area contributed by atoms with Gasteiger partial charge in [0.15, 0.2) is 0 Å². The maximum absolute atomic E-state index is 11.0. The monoisotopic (exact) mass is 157 g/mol. The van der Waals surface area contributed by atoms with Crippen molar-refractivity contribution in [2.45, 2.75) is 25.8 Å². The van der Waals surface area contributed by atoms with Crippen molar-refractivity contribution in [1.82, 2.24) is 5.32 Å². The van der Waals surface area contributed by atoms with Crippen LogP contribution in [0.5, 0.6) is 0 Å². The molecule has 0 saturated carbocycles. The van der Waals surface area contributed by atoms with E-state index in [1.807, 2.05) is 13.8 Å². The molecule has 0 aromatic carbocycles. The van der Waals surface area contributed by atoms with Gasteiger partial charge in [0.1, 0.15) is 0 Å². The topological polar surface area (TPSA) is 38.3 Å². The highest BCUT2D eigenvalue weighted by molar-refractivity contribution is 5.79. The lowest BCUT2D eigenvalue weighted by molar-refractivity contribution is -0.119. The molecule has 3 nitrogen and oxygen atoms in total. The molecule has 0 bridgehead atoms. The summed E-state index contributed by atoms with van der Waals surface area (Å²) in [6.45, 7) is 4.72. The highest BCUT2D eigenvalue weighted by atomic mass is 16.5. The summed E-state index contributed by atoms with van der Waals surface area (Å²) in [6.07, 6.45) is 0.598. The van der Waals surface area contributed by atoms with Crippen LogP contribution in [0.15, 0.2) is 0 Å². The Bertz CT molecular complexity index is 165. The molecule has 1 unspecified atom stereocenters. The van der Waals surface area contributed by atoms with Crippen LogP contribution >= 0.6 is 0 Å². The van der Waals surface area contributed by atoms with Crippen molar-refractivity contribution >= 4 is 5.91 Å². The molecule has 1 rings (SSSR count). The number of rotatable bonds is 2. The van der Waals surface area contributed by atoms with Gasteiger partial charge < -0.3 is 10.1 Å². The summed E-state index contributed by atoms with van der Waals surface area (Å²) < 4.78 is 5.02. The average Bonchev–Trinajstić information content (AvgIpc) is 2.07. The molecule has 1 amide bonds. The van der Waals surface area contributed by atoms with Crippen LogP contribution < -0.4 is 5.32 Å². The fourth-order valence-electron chi connectivity index (χ4n) is 1.46. The van der Waals surface area contributed by atoms with E-state index in [4.69, 9.17) is 4.74 Å². The minimum atomic E-state index is -0.0902. The Balaban J connectivity index is 2.58. The van der Waals surface area contributed by atoms with E-state index in [0.29, 0.717) is 18.9 Å². The molecule has 64 valence electrons. The van der Waals surface area contributed by atoms with Gasteiger partial charge in [0.05, 0.1) is 6.61 Å². The van der Waals surface area contributed by atoms with Crippen molar-refractivity contribution in [1.29, 1.82) is 0 Å². The van der Waals surface area contributed by atoms with E-state index >= 15 is 0 Å². The molecule has 1 fully saturated rings. The predicted molar refractivity (Wildman–Crippen MR) is 42.2 cm³/mol. The highest BCUT2D eigenvalue weighted by Crippen LogP contribution is 2.26. The van der Waals surface area contributed by atoms with E-state index in [2.05, 4.69) is 5.32 Å². The summed E-state index contributed by atoms with van der Waals surface area (Å²) in [5.41, 5.74) is -0.0902. The van der Waals surface area contributed by atoms with Gasteiger partial charge in [-0.15, -0.1) is 0 Å². The summed E-state index contributed by atoms with van der Waals surface area (Å²) in [6, 6.07) is 0. The first-order valence-corrected chi connectivity index (χ1v) is 3.86. The largest absolute Gasteiger partial charge is 0.384 e. The molecule has 1 atom stereocenters. The summed E-state index contributed by atoms with van der Waals surface area (Å²) >= 11 is 0. The maximum Gasteiger partial charge on any atom is 0.220 e. The summed E-state index contributed by atoms with van der Waals surface area (Å²) in [4.78, 5) is 11.0. The molecule has 0 radical (unpaired) electrons. The van der Waals surface area contributed by atoms with Gasteiger partial charge in [-0.1, -0.05) is 0 Å². The fourth-order valence-corrected chi connectivity index (χ4v) is 1.46. The summed E-state index contributed by atoms with van der Waals surface area (Å²) in [5, 5.41) is 2.91. The molecule has 1 aliphatic heterocycles. The molecular formula is C8H15NO2. The van der Waals surface area contributed by atoms with Gasteiger partial charge >= 0.3 is 0 Å². The normalized spacial score (nSPS) is 28.6. The second kappa shape index (κ2) is 2.81. The molecule has 1 heterocycles. The number of amides is 1. The Kier molecular flexibility index (Phi) is 2.18. The Morgan fingerprint density at radius 3 is 2.73 bits per heavy atom. The van der Waals surface area contributed by atoms with E-state index in [-0.39, 0.29) is 11.4 Å². The lowest BCUT2D eigenvalue weighted by atomic mass is 9.90. The van der Waals surface area contributed by atoms with E-state index in [9.17, 15) is 4.79 Å². The van der Waals surface area contributed by atoms with Crippen LogP contribution in [0.3, 0.4) is 0 Å².